The summed E-state index contributed by atoms with van der Waals surface area (Å²) in [4.78, 5) is 24.4. The van der Waals surface area contributed by atoms with Crippen LogP contribution in [0.15, 0.2) is 23.1 Å². The summed E-state index contributed by atoms with van der Waals surface area (Å²) in [6.45, 7) is 5.94. The number of carbonyl (C=O) groups is 2. The summed E-state index contributed by atoms with van der Waals surface area (Å²) in [6, 6.07) is 4.43. The number of carbonyl (C=O) groups excluding carboxylic acids is 2. The van der Waals surface area contributed by atoms with E-state index < -0.39 is 22.1 Å². The van der Waals surface area contributed by atoms with Crippen LogP contribution in [0.3, 0.4) is 0 Å². The molecule has 7 heteroatoms. The fraction of sp³-hybridized carbons (Fsp3) is 0.556. The van der Waals surface area contributed by atoms with Gasteiger partial charge in [0, 0.05) is 19.5 Å². The van der Waals surface area contributed by atoms with Crippen LogP contribution in [0.5, 0.6) is 0 Å². The molecule has 138 valence electrons. The number of nitrogens with zero attached hydrogens (tertiary/aromatic N) is 1. The SMILES string of the molecule is CCN(CC)S(=O)(=O)c1ccc(C)c(C(=O)O[C@@H]2CCCCC2=O)c1. The van der Waals surface area contributed by atoms with Crippen molar-refractivity contribution in [3.8, 4) is 0 Å². The van der Waals surface area contributed by atoms with Gasteiger partial charge in [-0.15, -0.1) is 0 Å². The highest BCUT2D eigenvalue weighted by molar-refractivity contribution is 7.89. The van der Waals surface area contributed by atoms with Gasteiger partial charge in [-0.3, -0.25) is 4.79 Å². The largest absolute Gasteiger partial charge is 0.451 e. The first-order valence-electron chi connectivity index (χ1n) is 8.65. The van der Waals surface area contributed by atoms with Crippen molar-refractivity contribution in [2.24, 2.45) is 0 Å². The summed E-state index contributed by atoms with van der Waals surface area (Å²) < 4.78 is 32.0. The maximum Gasteiger partial charge on any atom is 0.339 e. The van der Waals surface area contributed by atoms with Crippen molar-refractivity contribution in [2.45, 2.75) is 57.5 Å². The second-order valence-corrected chi connectivity index (χ2v) is 8.11. The monoisotopic (exact) mass is 367 g/mol. The van der Waals surface area contributed by atoms with Crippen molar-refractivity contribution in [3.63, 3.8) is 0 Å². The number of hydrogen-bond donors (Lipinski definition) is 0. The van der Waals surface area contributed by atoms with Crippen LogP contribution < -0.4 is 0 Å². The fourth-order valence-electron chi connectivity index (χ4n) is 2.96. The van der Waals surface area contributed by atoms with Crippen molar-refractivity contribution in [2.75, 3.05) is 13.1 Å². The molecule has 2 rings (SSSR count). The molecule has 6 nitrogen and oxygen atoms in total. The normalized spacial score (nSPS) is 18.4. The van der Waals surface area contributed by atoms with Crippen LogP contribution in [0, 0.1) is 6.92 Å². The van der Waals surface area contributed by atoms with E-state index in [4.69, 9.17) is 4.74 Å². The molecule has 0 heterocycles. The molecule has 0 bridgehead atoms. The average molecular weight is 367 g/mol. The Morgan fingerprint density at radius 3 is 2.52 bits per heavy atom. The van der Waals surface area contributed by atoms with Gasteiger partial charge < -0.3 is 4.74 Å². The number of hydrogen-bond acceptors (Lipinski definition) is 5. The molecule has 0 saturated heterocycles. The Bertz CT molecular complexity index is 753. The van der Waals surface area contributed by atoms with Gasteiger partial charge in [-0.05, 0) is 43.9 Å². The van der Waals surface area contributed by atoms with Gasteiger partial charge in [0.05, 0.1) is 10.5 Å². The summed E-state index contributed by atoms with van der Waals surface area (Å²) in [6.07, 6.45) is 1.90. The van der Waals surface area contributed by atoms with Crippen LogP contribution in [0.1, 0.15) is 55.5 Å². The molecule has 1 aliphatic carbocycles. The molecule has 0 unspecified atom stereocenters. The van der Waals surface area contributed by atoms with Gasteiger partial charge in [0.15, 0.2) is 11.9 Å². The van der Waals surface area contributed by atoms with E-state index in [1.165, 1.54) is 16.4 Å². The zero-order valence-electron chi connectivity index (χ0n) is 14.9. The lowest BCUT2D eigenvalue weighted by molar-refractivity contribution is -0.129. The topological polar surface area (TPSA) is 80.8 Å². The standard InChI is InChI=1S/C18H25NO5S/c1-4-19(5-2)25(22,23)14-11-10-13(3)15(12-14)18(21)24-17-9-7-6-8-16(17)20/h10-12,17H,4-9H2,1-3H3/t17-/m1/s1. The summed E-state index contributed by atoms with van der Waals surface area (Å²) in [5.41, 5.74) is 0.804. The molecule has 1 aromatic carbocycles. The molecular formula is C18H25NO5S. The van der Waals surface area contributed by atoms with E-state index in [9.17, 15) is 18.0 Å². The van der Waals surface area contributed by atoms with Gasteiger partial charge in [0.1, 0.15) is 0 Å². The smallest absolute Gasteiger partial charge is 0.339 e. The predicted molar refractivity (Wildman–Crippen MR) is 94.0 cm³/mol. The van der Waals surface area contributed by atoms with E-state index in [2.05, 4.69) is 0 Å². The number of sulfonamides is 1. The highest BCUT2D eigenvalue weighted by Gasteiger charge is 2.28. The molecule has 1 aromatic rings. The zero-order chi connectivity index (χ0) is 18.6. The second-order valence-electron chi connectivity index (χ2n) is 6.17. The van der Waals surface area contributed by atoms with Crippen LogP contribution in [-0.4, -0.2) is 43.7 Å². The molecule has 0 aliphatic heterocycles. The van der Waals surface area contributed by atoms with Crippen molar-refractivity contribution in [1.29, 1.82) is 0 Å². The molecule has 0 spiro atoms. The Hall–Kier alpha value is -1.73. The zero-order valence-corrected chi connectivity index (χ0v) is 15.8. The third kappa shape index (κ3) is 4.27. The minimum atomic E-state index is -3.66. The quantitative estimate of drug-likeness (QED) is 0.722. The van der Waals surface area contributed by atoms with Crippen molar-refractivity contribution in [1.82, 2.24) is 4.31 Å². The Labute approximate surface area is 149 Å². The van der Waals surface area contributed by atoms with E-state index in [1.54, 1.807) is 26.8 Å². The highest BCUT2D eigenvalue weighted by Crippen LogP contribution is 2.23. The van der Waals surface area contributed by atoms with Crippen LogP contribution >= 0.6 is 0 Å². The Kier molecular flexibility index (Phi) is 6.35. The summed E-state index contributed by atoms with van der Waals surface area (Å²) in [5.74, 6) is -0.710. The van der Waals surface area contributed by atoms with E-state index in [1.807, 2.05) is 0 Å². The summed E-state index contributed by atoms with van der Waals surface area (Å²) in [7, 11) is -3.66. The Morgan fingerprint density at radius 2 is 1.92 bits per heavy atom. The van der Waals surface area contributed by atoms with Crippen LogP contribution in [-0.2, 0) is 19.6 Å². The molecular weight excluding hydrogens is 342 g/mol. The summed E-state index contributed by atoms with van der Waals surface area (Å²) in [5, 5.41) is 0. The third-order valence-corrected chi connectivity index (χ3v) is 6.57. The van der Waals surface area contributed by atoms with Gasteiger partial charge in [-0.25, -0.2) is 13.2 Å². The molecule has 25 heavy (non-hydrogen) atoms. The minimum Gasteiger partial charge on any atom is -0.451 e. The van der Waals surface area contributed by atoms with Crippen LogP contribution in [0.25, 0.3) is 0 Å². The lowest BCUT2D eigenvalue weighted by atomic mass is 9.96. The highest BCUT2D eigenvalue weighted by atomic mass is 32.2. The van der Waals surface area contributed by atoms with Gasteiger partial charge >= 0.3 is 5.97 Å². The van der Waals surface area contributed by atoms with E-state index >= 15 is 0 Å². The number of esters is 1. The van der Waals surface area contributed by atoms with Crippen molar-refractivity contribution < 1.29 is 22.7 Å². The van der Waals surface area contributed by atoms with Crippen molar-refractivity contribution in [3.05, 3.63) is 29.3 Å². The first-order chi connectivity index (χ1) is 11.8. The molecule has 1 saturated carbocycles. The fourth-order valence-corrected chi connectivity index (χ4v) is 4.45. The van der Waals surface area contributed by atoms with Crippen LogP contribution in [0.2, 0.25) is 0 Å². The summed E-state index contributed by atoms with van der Waals surface area (Å²) >= 11 is 0. The minimum absolute atomic E-state index is 0.0590. The van der Waals surface area contributed by atoms with E-state index in [0.29, 0.717) is 31.5 Å². The molecule has 0 N–H and O–H groups in total. The maximum atomic E-state index is 12.6. The molecule has 1 aliphatic rings. The predicted octanol–water partition coefficient (Wildman–Crippen LogP) is 2.69. The number of Topliss-reactive ketones (excluding diaryl/α,β-unsaturated/α-hetero) is 1. The third-order valence-electron chi connectivity index (χ3n) is 4.52. The Morgan fingerprint density at radius 1 is 1.24 bits per heavy atom. The molecule has 0 aromatic heterocycles. The lowest BCUT2D eigenvalue weighted by Gasteiger charge is -2.22. The maximum absolute atomic E-state index is 12.6. The van der Waals surface area contributed by atoms with Gasteiger partial charge in [0.2, 0.25) is 10.0 Å². The van der Waals surface area contributed by atoms with E-state index in [-0.39, 0.29) is 16.2 Å². The number of rotatable bonds is 6. The average Bonchev–Trinajstić information content (AvgIpc) is 2.58. The first kappa shape index (κ1) is 19.6. The van der Waals surface area contributed by atoms with E-state index in [0.717, 1.165) is 12.8 Å². The first-order valence-corrected chi connectivity index (χ1v) is 10.1. The van der Waals surface area contributed by atoms with Crippen molar-refractivity contribution >= 4 is 21.8 Å². The number of ether oxygens (including phenoxy) is 1. The molecule has 1 fully saturated rings. The number of ketones is 1. The molecule has 0 radical (unpaired) electrons. The van der Waals surface area contributed by atoms with Gasteiger partial charge in [-0.1, -0.05) is 19.9 Å². The lowest BCUT2D eigenvalue weighted by Crippen LogP contribution is -2.31. The molecule has 0 amide bonds. The number of benzene rings is 1. The molecule has 1 atom stereocenters. The Balaban J connectivity index is 2.29. The van der Waals surface area contributed by atoms with Gasteiger partial charge in [0.25, 0.3) is 0 Å². The van der Waals surface area contributed by atoms with Gasteiger partial charge in [-0.2, -0.15) is 4.31 Å². The second kappa shape index (κ2) is 8.10. The number of aryl methyl sites for hydroxylation is 1. The van der Waals surface area contributed by atoms with Crippen LogP contribution in [0.4, 0.5) is 0 Å².